The molecule has 1 saturated heterocycles. The monoisotopic (exact) mass is 432 g/mol. The fourth-order valence-electron chi connectivity index (χ4n) is 3.62. The number of benzene rings is 1. The van der Waals surface area contributed by atoms with Crippen molar-refractivity contribution in [1.29, 1.82) is 0 Å². The van der Waals surface area contributed by atoms with Gasteiger partial charge in [-0.25, -0.2) is 18.7 Å². The van der Waals surface area contributed by atoms with E-state index in [-0.39, 0.29) is 5.56 Å². The first kappa shape index (κ1) is 18.6. The number of thiazole rings is 2. The maximum Gasteiger partial charge on any atom is 0.188 e. The summed E-state index contributed by atoms with van der Waals surface area (Å²) in [5, 5.41) is 11.2. The average molecular weight is 433 g/mol. The van der Waals surface area contributed by atoms with Crippen molar-refractivity contribution in [1.82, 2.24) is 25.5 Å². The summed E-state index contributed by atoms with van der Waals surface area (Å²) in [5.41, 5.74) is 0.694. The number of hydrogen-bond acceptors (Lipinski definition) is 7. The zero-order valence-corrected chi connectivity index (χ0v) is 17.2. The molecule has 1 fully saturated rings. The largest absolute Gasteiger partial charge is 0.348 e. The second kappa shape index (κ2) is 7.43. The number of anilines is 1. The van der Waals surface area contributed by atoms with E-state index in [2.05, 4.69) is 32.4 Å². The Balaban J connectivity index is 1.45. The zero-order valence-electron chi connectivity index (χ0n) is 15.6. The van der Waals surface area contributed by atoms with Crippen LogP contribution in [0.5, 0.6) is 0 Å². The quantitative estimate of drug-likeness (QED) is 0.504. The number of nitrogens with one attached hydrogen (secondary N) is 2. The van der Waals surface area contributed by atoms with Crippen molar-refractivity contribution in [3.05, 3.63) is 36.2 Å². The Kier molecular flexibility index (Phi) is 4.76. The molecule has 0 amide bonds. The normalized spacial score (nSPS) is 15.3. The number of nitrogens with zero attached hydrogens (tertiary/aromatic N) is 4. The molecule has 1 aliphatic heterocycles. The number of H-pyrrole nitrogens is 1. The van der Waals surface area contributed by atoms with Gasteiger partial charge < -0.3 is 10.2 Å². The van der Waals surface area contributed by atoms with Gasteiger partial charge in [-0.3, -0.25) is 5.10 Å². The van der Waals surface area contributed by atoms with Crippen LogP contribution in [0.3, 0.4) is 0 Å². The molecule has 2 N–H and O–H groups in total. The van der Waals surface area contributed by atoms with Gasteiger partial charge in [-0.1, -0.05) is 22.7 Å². The predicted octanol–water partition coefficient (Wildman–Crippen LogP) is 4.28. The molecule has 5 rings (SSSR count). The third kappa shape index (κ3) is 3.41. The molecule has 4 aromatic rings. The third-order valence-electron chi connectivity index (χ3n) is 5.20. The van der Waals surface area contributed by atoms with Crippen LogP contribution in [0.25, 0.3) is 31.4 Å². The van der Waals surface area contributed by atoms with Gasteiger partial charge in [0.25, 0.3) is 0 Å². The summed E-state index contributed by atoms with van der Waals surface area (Å²) in [4.78, 5) is 13.1. The van der Waals surface area contributed by atoms with E-state index < -0.39 is 11.6 Å². The Labute approximate surface area is 173 Å². The molecule has 6 nitrogen and oxygen atoms in total. The first-order valence-electron chi connectivity index (χ1n) is 9.29. The highest BCUT2D eigenvalue weighted by molar-refractivity contribution is 7.29. The highest BCUT2D eigenvalue weighted by Crippen LogP contribution is 2.38. The molecular formula is C19H18F2N6S2. The molecular weight excluding hydrogens is 414 g/mol. The number of aromatic nitrogens is 4. The molecule has 0 aliphatic carbocycles. The average Bonchev–Trinajstić information content (AvgIpc) is 3.44. The SMILES string of the molecule is CN(c1nc2sc(-c3cc(F)c(-c4cn[nH]c4)c(F)c3)nc2s1)C1CCNCC1. The zero-order chi connectivity index (χ0) is 20.0. The van der Waals surface area contributed by atoms with E-state index in [1.54, 1.807) is 0 Å². The Morgan fingerprint density at radius 2 is 1.76 bits per heavy atom. The van der Waals surface area contributed by atoms with Gasteiger partial charge in [-0.05, 0) is 38.1 Å². The highest BCUT2D eigenvalue weighted by Gasteiger charge is 2.23. The lowest BCUT2D eigenvalue weighted by Crippen LogP contribution is -2.41. The van der Waals surface area contributed by atoms with Gasteiger partial charge in [0.05, 0.1) is 11.8 Å². The second-order valence-corrected chi connectivity index (χ2v) is 8.95. The lowest BCUT2D eigenvalue weighted by atomic mass is 10.1. The number of fused-ring (bicyclic) bond motifs is 1. The van der Waals surface area contributed by atoms with Gasteiger partial charge in [-0.15, -0.1) is 0 Å². The number of aromatic amines is 1. The van der Waals surface area contributed by atoms with E-state index >= 15 is 0 Å². The topological polar surface area (TPSA) is 69.7 Å². The molecule has 0 saturated carbocycles. The molecule has 1 aliphatic rings. The minimum Gasteiger partial charge on any atom is -0.348 e. The summed E-state index contributed by atoms with van der Waals surface area (Å²) < 4.78 is 29.2. The van der Waals surface area contributed by atoms with Crippen LogP contribution in [0.15, 0.2) is 24.5 Å². The van der Waals surface area contributed by atoms with Crippen molar-refractivity contribution in [3.63, 3.8) is 0 Å². The molecule has 0 unspecified atom stereocenters. The predicted molar refractivity (Wildman–Crippen MR) is 113 cm³/mol. The maximum atomic E-state index is 14.6. The van der Waals surface area contributed by atoms with E-state index in [4.69, 9.17) is 4.98 Å². The fourth-order valence-corrected chi connectivity index (χ4v) is 5.68. The third-order valence-corrected chi connectivity index (χ3v) is 7.37. The van der Waals surface area contributed by atoms with Gasteiger partial charge in [0.15, 0.2) is 14.8 Å². The summed E-state index contributed by atoms with van der Waals surface area (Å²) in [5.74, 6) is -1.28. The first-order chi connectivity index (χ1) is 14.1. The smallest absolute Gasteiger partial charge is 0.188 e. The Morgan fingerprint density at radius 1 is 1.03 bits per heavy atom. The summed E-state index contributed by atoms with van der Waals surface area (Å²) in [6.07, 6.45) is 5.03. The molecule has 0 radical (unpaired) electrons. The summed E-state index contributed by atoms with van der Waals surface area (Å²) in [6.45, 7) is 2.03. The van der Waals surface area contributed by atoms with Crippen LogP contribution >= 0.6 is 22.7 Å². The lowest BCUT2D eigenvalue weighted by Gasteiger charge is -2.31. The molecule has 1 aromatic carbocycles. The van der Waals surface area contributed by atoms with Crippen LogP contribution in [-0.4, -0.2) is 46.3 Å². The van der Waals surface area contributed by atoms with Crippen LogP contribution in [0.1, 0.15) is 12.8 Å². The van der Waals surface area contributed by atoms with Crippen LogP contribution in [0, 0.1) is 11.6 Å². The highest BCUT2D eigenvalue weighted by atomic mass is 32.1. The summed E-state index contributed by atoms with van der Waals surface area (Å²) in [6, 6.07) is 3.10. The molecule has 29 heavy (non-hydrogen) atoms. The molecule has 0 bridgehead atoms. The Morgan fingerprint density at radius 3 is 2.41 bits per heavy atom. The molecule has 0 atom stereocenters. The van der Waals surface area contributed by atoms with Crippen LogP contribution in [0.4, 0.5) is 13.9 Å². The summed E-state index contributed by atoms with van der Waals surface area (Å²) in [7, 11) is 2.07. The molecule has 0 spiro atoms. The number of rotatable bonds is 4. The van der Waals surface area contributed by atoms with E-state index in [1.165, 1.54) is 47.2 Å². The first-order valence-corrected chi connectivity index (χ1v) is 10.9. The lowest BCUT2D eigenvalue weighted by molar-refractivity contribution is 0.443. The van der Waals surface area contributed by atoms with Crippen molar-refractivity contribution in [3.8, 4) is 21.7 Å². The van der Waals surface area contributed by atoms with E-state index in [0.717, 1.165) is 40.7 Å². The van der Waals surface area contributed by atoms with Crippen molar-refractivity contribution in [2.24, 2.45) is 0 Å². The Bertz CT molecular complexity index is 1090. The van der Waals surface area contributed by atoms with Gasteiger partial charge in [0.1, 0.15) is 16.6 Å². The van der Waals surface area contributed by atoms with Crippen LogP contribution in [-0.2, 0) is 0 Å². The fraction of sp³-hybridized carbons (Fsp3) is 0.316. The van der Waals surface area contributed by atoms with Crippen molar-refractivity contribution in [2.45, 2.75) is 18.9 Å². The second-order valence-electron chi connectivity index (χ2n) is 7.02. The van der Waals surface area contributed by atoms with E-state index in [1.807, 2.05) is 0 Å². The number of halogens is 2. The van der Waals surface area contributed by atoms with Gasteiger partial charge in [0.2, 0.25) is 0 Å². The summed E-state index contributed by atoms with van der Waals surface area (Å²) >= 11 is 2.87. The maximum absolute atomic E-state index is 14.6. The van der Waals surface area contributed by atoms with Crippen LogP contribution in [0.2, 0.25) is 0 Å². The van der Waals surface area contributed by atoms with E-state index in [0.29, 0.717) is 22.2 Å². The minimum absolute atomic E-state index is 0.0927. The number of hydrogen-bond donors (Lipinski definition) is 2. The van der Waals surface area contributed by atoms with E-state index in [9.17, 15) is 8.78 Å². The molecule has 10 heteroatoms. The van der Waals surface area contributed by atoms with Gasteiger partial charge >= 0.3 is 0 Å². The molecule has 4 heterocycles. The standard InChI is InChI=1S/C19H18F2N6S2/c1-27(12-2-4-22-5-3-12)19-26-18-17(29-19)25-16(28-18)10-6-13(20)15(14(21)7-10)11-8-23-24-9-11/h6-9,12,22H,2-5H2,1H3,(H,23,24). The van der Waals surface area contributed by atoms with Crippen molar-refractivity contribution >= 4 is 37.5 Å². The van der Waals surface area contributed by atoms with Gasteiger partial charge in [0, 0.05) is 30.4 Å². The van der Waals surface area contributed by atoms with Crippen molar-refractivity contribution in [2.75, 3.05) is 25.0 Å². The minimum atomic E-state index is -0.640. The number of piperidine rings is 1. The molecule has 3 aromatic heterocycles. The van der Waals surface area contributed by atoms with Gasteiger partial charge in [-0.2, -0.15) is 5.10 Å². The van der Waals surface area contributed by atoms with Crippen molar-refractivity contribution < 1.29 is 8.78 Å². The van der Waals surface area contributed by atoms with Crippen LogP contribution < -0.4 is 10.2 Å². The Hall–Kier alpha value is -2.43. The molecule has 150 valence electrons.